The third-order valence-electron chi connectivity index (χ3n) is 4.73. The third kappa shape index (κ3) is 3.20. The highest BCUT2D eigenvalue weighted by Gasteiger charge is 2.18. The highest BCUT2D eigenvalue weighted by molar-refractivity contribution is 5.88. The number of nitro benzene ring substituents is 1. The number of fused-ring (bicyclic) bond motifs is 3. The van der Waals surface area contributed by atoms with Gasteiger partial charge in [0, 0.05) is 17.8 Å². The second-order valence-electron chi connectivity index (χ2n) is 6.51. The second kappa shape index (κ2) is 7.15. The number of phenols is 1. The van der Waals surface area contributed by atoms with E-state index in [1.54, 1.807) is 6.92 Å². The van der Waals surface area contributed by atoms with Crippen LogP contribution in [-0.2, 0) is 6.42 Å². The fourth-order valence-electron chi connectivity index (χ4n) is 3.44. The van der Waals surface area contributed by atoms with Gasteiger partial charge in [-0.1, -0.05) is 30.3 Å². The van der Waals surface area contributed by atoms with E-state index >= 15 is 0 Å². The number of nitrogens with zero attached hydrogens (tertiary/aromatic N) is 2. The number of non-ortho nitro benzene ring substituents is 1. The highest BCUT2D eigenvalue weighted by Crippen LogP contribution is 2.38. The fraction of sp³-hybridized carbons (Fsp3) is 0.136. The van der Waals surface area contributed by atoms with Gasteiger partial charge in [0.2, 0.25) is 0 Å². The van der Waals surface area contributed by atoms with Crippen molar-refractivity contribution in [3.05, 3.63) is 81.4 Å². The zero-order valence-electron chi connectivity index (χ0n) is 15.3. The summed E-state index contributed by atoms with van der Waals surface area (Å²) in [4.78, 5) is 15.0. The van der Waals surface area contributed by atoms with Crippen LogP contribution in [0, 0.1) is 10.1 Å². The van der Waals surface area contributed by atoms with Gasteiger partial charge < -0.3 is 9.84 Å². The Morgan fingerprint density at radius 2 is 1.93 bits per heavy atom. The topological polar surface area (TPSA) is 85.0 Å². The van der Waals surface area contributed by atoms with Gasteiger partial charge in [-0.3, -0.25) is 15.1 Å². The number of benzene rings is 3. The van der Waals surface area contributed by atoms with Crippen molar-refractivity contribution >= 4 is 17.6 Å². The predicted molar refractivity (Wildman–Crippen MR) is 108 cm³/mol. The van der Waals surface area contributed by atoms with Crippen LogP contribution in [-0.4, -0.2) is 22.9 Å². The van der Waals surface area contributed by atoms with Gasteiger partial charge in [0.1, 0.15) is 0 Å². The second-order valence-corrected chi connectivity index (χ2v) is 6.51. The molecule has 4 rings (SSSR count). The Morgan fingerprint density at radius 1 is 1.14 bits per heavy atom. The average molecular weight is 374 g/mol. The lowest BCUT2D eigenvalue weighted by Gasteiger charge is -2.08. The van der Waals surface area contributed by atoms with E-state index in [4.69, 9.17) is 4.74 Å². The highest BCUT2D eigenvalue weighted by atomic mass is 16.6. The molecule has 0 saturated carbocycles. The number of aliphatic imine (C=N–C) groups is 1. The molecule has 0 bridgehead atoms. The van der Waals surface area contributed by atoms with Crippen molar-refractivity contribution in [3.63, 3.8) is 0 Å². The molecule has 3 aromatic carbocycles. The van der Waals surface area contributed by atoms with Crippen molar-refractivity contribution in [2.24, 2.45) is 4.99 Å². The molecule has 0 unspecified atom stereocenters. The van der Waals surface area contributed by atoms with Gasteiger partial charge in [-0.2, -0.15) is 0 Å². The monoisotopic (exact) mass is 374 g/mol. The summed E-state index contributed by atoms with van der Waals surface area (Å²) in [6.45, 7) is 2.03. The van der Waals surface area contributed by atoms with Crippen molar-refractivity contribution in [1.29, 1.82) is 0 Å². The molecule has 1 aliphatic rings. The Bertz CT molecular complexity index is 1110. The van der Waals surface area contributed by atoms with E-state index in [9.17, 15) is 15.2 Å². The van der Waals surface area contributed by atoms with Crippen LogP contribution in [0.3, 0.4) is 0 Å². The van der Waals surface area contributed by atoms with Crippen LogP contribution in [0.15, 0.2) is 59.6 Å². The number of rotatable bonds is 5. The number of ether oxygens (including phenoxy) is 1. The number of phenolic OH excluding ortho intramolecular Hbond substituents is 1. The summed E-state index contributed by atoms with van der Waals surface area (Å²) in [6.07, 6.45) is 2.28. The smallest absolute Gasteiger partial charge is 0.274 e. The maximum absolute atomic E-state index is 11.2. The van der Waals surface area contributed by atoms with Crippen molar-refractivity contribution in [3.8, 4) is 22.6 Å². The SMILES string of the molecule is CCOc1cc([N+](=O)[O-])cc(C=Nc2ccc3c(c2)Cc2ccccc2-3)c1O. The maximum Gasteiger partial charge on any atom is 0.274 e. The van der Waals surface area contributed by atoms with Crippen molar-refractivity contribution < 1.29 is 14.8 Å². The predicted octanol–water partition coefficient (Wildman–Crippen LogP) is 5.02. The third-order valence-corrected chi connectivity index (χ3v) is 4.73. The van der Waals surface area contributed by atoms with E-state index in [0.717, 1.165) is 12.1 Å². The van der Waals surface area contributed by atoms with Gasteiger partial charge in [-0.15, -0.1) is 0 Å². The first-order valence-corrected chi connectivity index (χ1v) is 8.96. The van der Waals surface area contributed by atoms with Gasteiger partial charge in [-0.25, -0.2) is 0 Å². The molecule has 0 aliphatic heterocycles. The molecule has 0 radical (unpaired) electrons. The van der Waals surface area contributed by atoms with Crippen LogP contribution in [0.25, 0.3) is 11.1 Å². The summed E-state index contributed by atoms with van der Waals surface area (Å²) in [7, 11) is 0. The molecule has 28 heavy (non-hydrogen) atoms. The minimum absolute atomic E-state index is 0.0718. The molecule has 140 valence electrons. The molecule has 1 aliphatic carbocycles. The molecular formula is C22H18N2O4. The first-order chi connectivity index (χ1) is 13.6. The van der Waals surface area contributed by atoms with Crippen LogP contribution >= 0.6 is 0 Å². The van der Waals surface area contributed by atoms with Crippen molar-refractivity contribution in [2.45, 2.75) is 13.3 Å². The van der Waals surface area contributed by atoms with E-state index < -0.39 is 4.92 Å². The lowest BCUT2D eigenvalue weighted by molar-refractivity contribution is -0.385. The quantitative estimate of drug-likeness (QED) is 0.302. The molecule has 0 spiro atoms. The zero-order chi connectivity index (χ0) is 19.7. The standard InChI is InChI=1S/C22H18N2O4/c1-2-28-21-12-18(24(26)27)11-16(22(21)25)13-23-17-7-8-20-15(10-17)9-14-5-3-4-6-19(14)20/h3-8,10-13,25H,2,9H2,1H3. The van der Waals surface area contributed by atoms with Gasteiger partial charge in [-0.05, 0) is 47.7 Å². The molecule has 3 aromatic rings. The number of hydrogen-bond acceptors (Lipinski definition) is 5. The molecule has 0 amide bonds. The van der Waals surface area contributed by atoms with Crippen LogP contribution in [0.5, 0.6) is 11.5 Å². The minimum Gasteiger partial charge on any atom is -0.504 e. The summed E-state index contributed by atoms with van der Waals surface area (Å²) in [5, 5.41) is 21.5. The van der Waals surface area contributed by atoms with Crippen molar-refractivity contribution in [1.82, 2.24) is 0 Å². The Kier molecular flexibility index (Phi) is 4.53. The molecule has 0 saturated heterocycles. The molecular weight excluding hydrogens is 356 g/mol. The summed E-state index contributed by atoms with van der Waals surface area (Å²) in [5.74, 6) is -0.0904. The van der Waals surface area contributed by atoms with Gasteiger partial charge in [0.05, 0.1) is 23.3 Å². The first-order valence-electron chi connectivity index (χ1n) is 8.96. The molecule has 0 fully saturated rings. The van der Waals surface area contributed by atoms with E-state index in [2.05, 4.69) is 17.1 Å². The van der Waals surface area contributed by atoms with Gasteiger partial charge in [0.15, 0.2) is 11.5 Å². The first kappa shape index (κ1) is 17.7. The molecule has 6 nitrogen and oxygen atoms in total. The Balaban J connectivity index is 1.67. The minimum atomic E-state index is -0.522. The lowest BCUT2D eigenvalue weighted by atomic mass is 10.1. The maximum atomic E-state index is 11.2. The van der Waals surface area contributed by atoms with Crippen LogP contribution in [0.2, 0.25) is 0 Å². The average Bonchev–Trinajstić information content (AvgIpc) is 3.06. The van der Waals surface area contributed by atoms with E-state index in [1.807, 2.05) is 30.3 Å². The van der Waals surface area contributed by atoms with Crippen LogP contribution in [0.4, 0.5) is 11.4 Å². The van der Waals surface area contributed by atoms with Gasteiger partial charge in [0.25, 0.3) is 5.69 Å². The van der Waals surface area contributed by atoms with Crippen LogP contribution in [0.1, 0.15) is 23.6 Å². The zero-order valence-corrected chi connectivity index (χ0v) is 15.3. The Labute approximate surface area is 161 Å². The molecule has 0 aromatic heterocycles. The summed E-state index contributed by atoms with van der Waals surface area (Å²) in [6, 6.07) is 16.7. The normalized spacial score (nSPS) is 12.0. The van der Waals surface area contributed by atoms with E-state index in [-0.39, 0.29) is 29.4 Å². The fourth-order valence-corrected chi connectivity index (χ4v) is 3.44. The number of nitro groups is 1. The summed E-state index contributed by atoms with van der Waals surface area (Å²) >= 11 is 0. The number of aromatic hydroxyl groups is 1. The molecule has 0 atom stereocenters. The van der Waals surface area contributed by atoms with Gasteiger partial charge >= 0.3 is 0 Å². The molecule has 0 heterocycles. The van der Waals surface area contributed by atoms with Crippen LogP contribution < -0.4 is 4.74 Å². The number of hydrogen-bond donors (Lipinski definition) is 1. The molecule has 6 heteroatoms. The Hall–Kier alpha value is -3.67. The largest absolute Gasteiger partial charge is 0.504 e. The summed E-state index contributed by atoms with van der Waals surface area (Å²) < 4.78 is 5.30. The summed E-state index contributed by atoms with van der Waals surface area (Å²) in [5.41, 5.74) is 5.71. The lowest BCUT2D eigenvalue weighted by Crippen LogP contribution is -1.97. The molecule has 1 N–H and O–H groups in total. The van der Waals surface area contributed by atoms with Crippen molar-refractivity contribution in [2.75, 3.05) is 6.61 Å². The van der Waals surface area contributed by atoms with E-state index in [0.29, 0.717) is 0 Å². The Morgan fingerprint density at radius 3 is 2.71 bits per heavy atom. The van der Waals surface area contributed by atoms with E-state index in [1.165, 1.54) is 40.6 Å².